The van der Waals surface area contributed by atoms with E-state index in [1.807, 2.05) is 24.3 Å². The maximum Gasteiger partial charge on any atom is 0.286 e. The van der Waals surface area contributed by atoms with Gasteiger partial charge in [0.25, 0.3) is 5.24 Å². The first-order chi connectivity index (χ1) is 12.4. The molecule has 4 nitrogen and oxygen atoms in total. The van der Waals surface area contributed by atoms with Gasteiger partial charge in [0.15, 0.2) is 0 Å². The van der Waals surface area contributed by atoms with Gasteiger partial charge in [0.05, 0.1) is 5.69 Å². The van der Waals surface area contributed by atoms with Crippen LogP contribution in [0, 0.1) is 0 Å². The summed E-state index contributed by atoms with van der Waals surface area (Å²) in [5.41, 5.74) is 3.12. The van der Waals surface area contributed by atoms with E-state index < -0.39 is 0 Å². The molecule has 0 saturated heterocycles. The fourth-order valence-corrected chi connectivity index (χ4v) is 3.13. The molecule has 2 rings (SSSR count). The zero-order valence-corrected chi connectivity index (χ0v) is 16.6. The highest BCUT2D eigenvalue weighted by atomic mass is 32.2. The van der Waals surface area contributed by atoms with Gasteiger partial charge in [-0.05, 0) is 47.4 Å². The monoisotopic (exact) mass is 370 g/mol. The van der Waals surface area contributed by atoms with Crippen LogP contribution in [0.1, 0.15) is 37.3 Å². The SMILES string of the molecule is CC(C)c1ccc(CCC(=O)Nc2ccccc2SC(=O)N(C)C)cc1. The van der Waals surface area contributed by atoms with Crippen LogP contribution in [0.5, 0.6) is 0 Å². The number of rotatable bonds is 6. The third-order valence-corrected chi connectivity index (χ3v) is 5.13. The van der Waals surface area contributed by atoms with Crippen molar-refractivity contribution >= 4 is 28.6 Å². The van der Waals surface area contributed by atoms with Crippen LogP contribution >= 0.6 is 11.8 Å². The van der Waals surface area contributed by atoms with Gasteiger partial charge in [-0.1, -0.05) is 50.2 Å². The van der Waals surface area contributed by atoms with E-state index in [1.165, 1.54) is 10.5 Å². The maximum atomic E-state index is 12.3. The lowest BCUT2D eigenvalue weighted by atomic mass is 10.0. The van der Waals surface area contributed by atoms with Gasteiger partial charge in [0.2, 0.25) is 5.91 Å². The molecule has 1 N–H and O–H groups in total. The van der Waals surface area contributed by atoms with Crippen LogP contribution in [-0.2, 0) is 11.2 Å². The molecule has 0 unspecified atom stereocenters. The minimum Gasteiger partial charge on any atom is -0.339 e. The van der Waals surface area contributed by atoms with Gasteiger partial charge in [-0.15, -0.1) is 0 Å². The van der Waals surface area contributed by atoms with E-state index in [4.69, 9.17) is 0 Å². The summed E-state index contributed by atoms with van der Waals surface area (Å²) in [4.78, 5) is 26.5. The van der Waals surface area contributed by atoms with Gasteiger partial charge in [-0.3, -0.25) is 9.59 Å². The van der Waals surface area contributed by atoms with E-state index in [1.54, 1.807) is 14.1 Å². The van der Waals surface area contributed by atoms with Crippen molar-refractivity contribution in [1.29, 1.82) is 0 Å². The lowest BCUT2D eigenvalue weighted by molar-refractivity contribution is -0.116. The van der Waals surface area contributed by atoms with Crippen molar-refractivity contribution in [2.45, 2.75) is 37.5 Å². The zero-order chi connectivity index (χ0) is 19.1. The molecule has 0 spiro atoms. The Balaban J connectivity index is 1.94. The highest BCUT2D eigenvalue weighted by Crippen LogP contribution is 2.28. The summed E-state index contributed by atoms with van der Waals surface area (Å²) in [7, 11) is 3.42. The molecule has 2 aromatic carbocycles. The minimum absolute atomic E-state index is 0.0525. The predicted molar refractivity (Wildman–Crippen MR) is 109 cm³/mol. The van der Waals surface area contributed by atoms with Crippen LogP contribution in [0.25, 0.3) is 0 Å². The molecular weight excluding hydrogens is 344 g/mol. The molecular formula is C21H26N2O2S. The number of carbonyl (C=O) groups is 2. The molecule has 0 aliphatic rings. The number of thioether (sulfide) groups is 1. The van der Waals surface area contributed by atoms with E-state index in [-0.39, 0.29) is 11.1 Å². The standard InChI is InChI=1S/C21H26N2O2S/c1-15(2)17-12-9-16(10-13-17)11-14-20(24)22-18-7-5-6-8-19(18)26-21(25)23(3)4/h5-10,12-13,15H,11,14H2,1-4H3,(H,22,24). The van der Waals surface area contributed by atoms with Crippen LogP contribution in [-0.4, -0.2) is 30.1 Å². The highest BCUT2D eigenvalue weighted by molar-refractivity contribution is 8.13. The number of hydrogen-bond acceptors (Lipinski definition) is 3. The Morgan fingerprint density at radius 1 is 1.04 bits per heavy atom. The number of carbonyl (C=O) groups excluding carboxylic acids is 2. The lowest BCUT2D eigenvalue weighted by Crippen LogP contribution is -2.17. The second-order valence-electron chi connectivity index (χ2n) is 6.70. The van der Waals surface area contributed by atoms with Crippen molar-refractivity contribution in [1.82, 2.24) is 4.90 Å². The highest BCUT2D eigenvalue weighted by Gasteiger charge is 2.12. The molecule has 26 heavy (non-hydrogen) atoms. The third-order valence-electron chi connectivity index (χ3n) is 4.01. The molecule has 5 heteroatoms. The fraction of sp³-hybridized carbons (Fsp3) is 0.333. The summed E-state index contributed by atoms with van der Waals surface area (Å²) < 4.78 is 0. The van der Waals surface area contributed by atoms with E-state index in [9.17, 15) is 9.59 Å². The Kier molecular flexibility index (Phi) is 7.27. The second kappa shape index (κ2) is 9.43. The van der Waals surface area contributed by atoms with Crippen LogP contribution in [0.15, 0.2) is 53.4 Å². The molecule has 0 aliphatic heterocycles. The van der Waals surface area contributed by atoms with Crippen LogP contribution in [0.4, 0.5) is 10.5 Å². The third kappa shape index (κ3) is 5.92. The first-order valence-electron chi connectivity index (χ1n) is 8.73. The first kappa shape index (κ1) is 20.0. The summed E-state index contributed by atoms with van der Waals surface area (Å²) in [5.74, 6) is 0.453. The molecule has 138 valence electrons. The van der Waals surface area contributed by atoms with E-state index in [2.05, 4.69) is 43.4 Å². The molecule has 2 amide bonds. The van der Waals surface area contributed by atoms with Gasteiger partial charge in [-0.25, -0.2) is 0 Å². The van der Waals surface area contributed by atoms with Crippen molar-refractivity contribution in [3.05, 3.63) is 59.7 Å². The van der Waals surface area contributed by atoms with Crippen molar-refractivity contribution in [2.75, 3.05) is 19.4 Å². The van der Waals surface area contributed by atoms with Gasteiger partial charge in [0, 0.05) is 25.4 Å². The molecule has 0 heterocycles. The molecule has 0 atom stereocenters. The van der Waals surface area contributed by atoms with Gasteiger partial charge in [0.1, 0.15) is 0 Å². The molecule has 0 aliphatic carbocycles. The largest absolute Gasteiger partial charge is 0.339 e. The zero-order valence-electron chi connectivity index (χ0n) is 15.8. The van der Waals surface area contributed by atoms with Crippen molar-refractivity contribution in [2.24, 2.45) is 0 Å². The molecule has 0 saturated carbocycles. The number of amides is 2. The average molecular weight is 371 g/mol. The van der Waals surface area contributed by atoms with Crippen molar-refractivity contribution < 1.29 is 9.59 Å². The van der Waals surface area contributed by atoms with Crippen molar-refractivity contribution in [3.63, 3.8) is 0 Å². The Morgan fingerprint density at radius 3 is 2.31 bits per heavy atom. The predicted octanol–water partition coefficient (Wildman–Crippen LogP) is 5.16. The lowest BCUT2D eigenvalue weighted by Gasteiger charge is -2.13. The molecule has 0 fully saturated rings. The summed E-state index contributed by atoms with van der Waals surface area (Å²) in [6.07, 6.45) is 1.10. The molecule has 0 aromatic heterocycles. The Morgan fingerprint density at radius 2 is 1.69 bits per heavy atom. The average Bonchev–Trinajstić information content (AvgIpc) is 2.61. The normalized spacial score (nSPS) is 10.7. The number of hydrogen-bond donors (Lipinski definition) is 1. The Labute approximate surface area is 160 Å². The van der Waals surface area contributed by atoms with E-state index in [0.29, 0.717) is 24.4 Å². The topological polar surface area (TPSA) is 49.4 Å². The molecule has 2 aromatic rings. The summed E-state index contributed by atoms with van der Waals surface area (Å²) >= 11 is 1.11. The number of nitrogens with zero attached hydrogens (tertiary/aromatic N) is 1. The second-order valence-corrected chi connectivity index (χ2v) is 7.70. The Bertz CT molecular complexity index is 755. The molecule has 0 bridgehead atoms. The first-order valence-corrected chi connectivity index (χ1v) is 9.55. The smallest absolute Gasteiger partial charge is 0.286 e. The van der Waals surface area contributed by atoms with Gasteiger partial charge >= 0.3 is 0 Å². The molecule has 0 radical (unpaired) electrons. The van der Waals surface area contributed by atoms with E-state index >= 15 is 0 Å². The number of benzene rings is 2. The minimum atomic E-state index is -0.0723. The van der Waals surface area contributed by atoms with E-state index in [0.717, 1.165) is 22.2 Å². The van der Waals surface area contributed by atoms with Crippen molar-refractivity contribution in [3.8, 4) is 0 Å². The van der Waals surface area contributed by atoms with Gasteiger partial charge < -0.3 is 10.2 Å². The number of para-hydroxylation sites is 1. The van der Waals surface area contributed by atoms with Crippen LogP contribution in [0.3, 0.4) is 0 Å². The fourth-order valence-electron chi connectivity index (χ4n) is 2.38. The van der Waals surface area contributed by atoms with Gasteiger partial charge in [-0.2, -0.15) is 0 Å². The van der Waals surface area contributed by atoms with Crippen LogP contribution in [0.2, 0.25) is 0 Å². The number of aryl methyl sites for hydroxylation is 1. The Hall–Kier alpha value is -2.27. The maximum absolute atomic E-state index is 12.3. The van der Waals surface area contributed by atoms with Crippen LogP contribution < -0.4 is 5.32 Å². The number of nitrogens with one attached hydrogen (secondary N) is 1. The summed E-state index contributed by atoms with van der Waals surface area (Å²) in [6.45, 7) is 4.33. The summed E-state index contributed by atoms with van der Waals surface area (Å²) in [6, 6.07) is 15.8. The number of anilines is 1. The quantitative estimate of drug-likeness (QED) is 0.715. The summed E-state index contributed by atoms with van der Waals surface area (Å²) in [5, 5.41) is 2.85.